The van der Waals surface area contributed by atoms with Crippen molar-refractivity contribution in [2.24, 2.45) is 5.92 Å². The Balaban J connectivity index is 1.19. The van der Waals surface area contributed by atoms with E-state index in [2.05, 4.69) is 20.0 Å². The van der Waals surface area contributed by atoms with Gasteiger partial charge in [-0.15, -0.1) is 0 Å². The molecule has 0 radical (unpaired) electrons. The van der Waals surface area contributed by atoms with Crippen LogP contribution in [0.4, 0.5) is 0 Å². The average molecular weight is 388 g/mol. The van der Waals surface area contributed by atoms with E-state index in [0.29, 0.717) is 18.4 Å². The van der Waals surface area contributed by atoms with E-state index in [1.165, 1.54) is 19.3 Å². The zero-order valence-corrected chi connectivity index (χ0v) is 16.3. The van der Waals surface area contributed by atoms with Crippen LogP contribution in [-0.4, -0.2) is 42.7 Å². The molecule has 148 valence electrons. The van der Waals surface area contributed by atoms with Gasteiger partial charge in [0.15, 0.2) is 0 Å². The fourth-order valence-corrected chi connectivity index (χ4v) is 4.02. The van der Waals surface area contributed by atoms with Gasteiger partial charge in [-0.25, -0.2) is 14.6 Å². The highest BCUT2D eigenvalue weighted by Gasteiger charge is 2.28. The maximum absolute atomic E-state index is 12.2. The molecule has 0 unspecified atom stereocenters. The van der Waals surface area contributed by atoms with Crippen molar-refractivity contribution >= 4 is 0 Å². The molecule has 7 nitrogen and oxygen atoms in total. The first-order chi connectivity index (χ1) is 14.2. The Labute approximate surface area is 169 Å². The van der Waals surface area contributed by atoms with Crippen molar-refractivity contribution in [2.45, 2.75) is 38.3 Å². The van der Waals surface area contributed by atoms with Crippen LogP contribution in [-0.2, 0) is 13.1 Å². The van der Waals surface area contributed by atoms with Gasteiger partial charge in [-0.3, -0.25) is 14.7 Å². The Morgan fingerprint density at radius 1 is 1.00 bits per heavy atom. The summed E-state index contributed by atoms with van der Waals surface area (Å²) in [5.41, 5.74) is 2.81. The number of aromatic nitrogens is 5. The lowest BCUT2D eigenvalue weighted by atomic mass is 9.85. The third kappa shape index (κ3) is 3.96. The molecule has 2 aliphatic rings. The van der Waals surface area contributed by atoms with Crippen molar-refractivity contribution in [3.05, 3.63) is 70.8 Å². The molecule has 0 spiro atoms. The maximum Gasteiger partial charge on any atom is 0.266 e. The molecule has 0 N–H and O–H groups in total. The normalized spacial score (nSPS) is 17.7. The molecule has 0 aromatic carbocycles. The summed E-state index contributed by atoms with van der Waals surface area (Å²) >= 11 is 0. The van der Waals surface area contributed by atoms with E-state index in [1.807, 2.05) is 24.4 Å². The molecular formula is C22H24N6O. The fourth-order valence-electron chi connectivity index (χ4n) is 4.02. The second-order valence-corrected chi connectivity index (χ2v) is 8.07. The van der Waals surface area contributed by atoms with Crippen molar-refractivity contribution in [1.29, 1.82) is 0 Å². The van der Waals surface area contributed by atoms with Gasteiger partial charge in [0.1, 0.15) is 5.82 Å². The number of nitrogens with zero attached hydrogens (tertiary/aromatic N) is 6. The summed E-state index contributed by atoms with van der Waals surface area (Å²) in [7, 11) is 0. The number of rotatable bonds is 6. The lowest BCUT2D eigenvalue weighted by Gasteiger charge is -2.39. The third-order valence-corrected chi connectivity index (χ3v) is 5.89. The maximum atomic E-state index is 12.2. The van der Waals surface area contributed by atoms with Gasteiger partial charge < -0.3 is 0 Å². The molecule has 4 heterocycles. The SMILES string of the molecule is O=c1ccc(-c2ccncc2)nn1CC1CN(Cc2ccnc(C3CCC3)n2)C1. The third-order valence-electron chi connectivity index (χ3n) is 5.89. The predicted octanol–water partition coefficient (Wildman–Crippen LogP) is 2.49. The van der Waals surface area contributed by atoms with Crippen LogP contribution in [0, 0.1) is 5.92 Å². The fraction of sp³-hybridized carbons (Fsp3) is 0.409. The molecule has 5 rings (SSSR count). The van der Waals surface area contributed by atoms with Crippen LogP contribution in [0.25, 0.3) is 11.3 Å². The molecule has 0 bridgehead atoms. The Kier molecular flexibility index (Phi) is 4.89. The summed E-state index contributed by atoms with van der Waals surface area (Å²) in [6.07, 6.45) is 9.09. The molecule has 3 aromatic heterocycles. The smallest absolute Gasteiger partial charge is 0.266 e. The van der Waals surface area contributed by atoms with Crippen LogP contribution in [0.2, 0.25) is 0 Å². The molecule has 3 aromatic rings. The second-order valence-electron chi connectivity index (χ2n) is 8.07. The number of pyridine rings is 1. The number of hydrogen-bond donors (Lipinski definition) is 0. The minimum Gasteiger partial charge on any atom is -0.297 e. The molecule has 1 saturated heterocycles. The molecule has 2 fully saturated rings. The van der Waals surface area contributed by atoms with Crippen molar-refractivity contribution in [3.63, 3.8) is 0 Å². The first-order valence-corrected chi connectivity index (χ1v) is 10.3. The first kappa shape index (κ1) is 18.1. The standard InChI is InChI=1S/C22H24N6O/c29-21-5-4-20(17-6-9-23-10-7-17)26-28(21)14-16-12-27(13-16)15-19-8-11-24-22(25-19)18-2-1-3-18/h4-11,16,18H,1-3,12-15H2. The highest BCUT2D eigenvalue weighted by Crippen LogP contribution is 2.34. The number of hydrogen-bond acceptors (Lipinski definition) is 6. The van der Waals surface area contributed by atoms with Crippen LogP contribution >= 0.6 is 0 Å². The van der Waals surface area contributed by atoms with Gasteiger partial charge in [-0.05, 0) is 37.1 Å². The van der Waals surface area contributed by atoms with E-state index in [9.17, 15) is 4.79 Å². The summed E-state index contributed by atoms with van der Waals surface area (Å²) in [4.78, 5) is 27.9. The molecule has 7 heteroatoms. The zero-order valence-electron chi connectivity index (χ0n) is 16.3. The van der Waals surface area contributed by atoms with Crippen LogP contribution < -0.4 is 5.56 Å². The second kappa shape index (κ2) is 7.83. The molecule has 1 aliphatic heterocycles. The lowest BCUT2D eigenvalue weighted by molar-refractivity contribution is 0.0753. The Morgan fingerprint density at radius 3 is 2.59 bits per heavy atom. The monoisotopic (exact) mass is 388 g/mol. The van der Waals surface area contributed by atoms with Crippen LogP contribution in [0.15, 0.2) is 53.7 Å². The van der Waals surface area contributed by atoms with E-state index >= 15 is 0 Å². The Hall–Kier alpha value is -2.93. The quantitative estimate of drug-likeness (QED) is 0.646. The summed E-state index contributed by atoms with van der Waals surface area (Å²) in [5, 5.41) is 4.56. The molecule has 29 heavy (non-hydrogen) atoms. The van der Waals surface area contributed by atoms with Gasteiger partial charge in [-0.1, -0.05) is 6.42 Å². The van der Waals surface area contributed by atoms with Gasteiger partial charge in [0.05, 0.1) is 17.9 Å². The van der Waals surface area contributed by atoms with Gasteiger partial charge in [0.25, 0.3) is 5.56 Å². The largest absolute Gasteiger partial charge is 0.297 e. The minimum absolute atomic E-state index is 0.0535. The van der Waals surface area contributed by atoms with Crippen LogP contribution in [0.5, 0.6) is 0 Å². The summed E-state index contributed by atoms with van der Waals surface area (Å²) in [5.74, 6) is 2.00. The van der Waals surface area contributed by atoms with Gasteiger partial charge in [0, 0.05) is 61.7 Å². The lowest BCUT2D eigenvalue weighted by Crippen LogP contribution is -2.49. The number of likely N-dealkylation sites (tertiary alicyclic amines) is 1. The topological polar surface area (TPSA) is 76.8 Å². The highest BCUT2D eigenvalue weighted by atomic mass is 16.1. The van der Waals surface area contributed by atoms with Crippen molar-refractivity contribution in [3.8, 4) is 11.3 Å². The average Bonchev–Trinajstić information content (AvgIpc) is 2.67. The molecular weight excluding hydrogens is 364 g/mol. The van der Waals surface area contributed by atoms with E-state index < -0.39 is 0 Å². The zero-order chi connectivity index (χ0) is 19.6. The van der Waals surface area contributed by atoms with E-state index in [4.69, 9.17) is 4.98 Å². The van der Waals surface area contributed by atoms with E-state index in [0.717, 1.165) is 42.4 Å². The van der Waals surface area contributed by atoms with E-state index in [-0.39, 0.29) is 5.56 Å². The Morgan fingerprint density at radius 2 is 1.83 bits per heavy atom. The van der Waals surface area contributed by atoms with E-state index in [1.54, 1.807) is 29.2 Å². The van der Waals surface area contributed by atoms with Gasteiger partial charge in [0.2, 0.25) is 0 Å². The highest BCUT2D eigenvalue weighted by molar-refractivity contribution is 5.56. The van der Waals surface area contributed by atoms with Crippen molar-refractivity contribution < 1.29 is 0 Å². The summed E-state index contributed by atoms with van der Waals surface area (Å²) in [6, 6.07) is 9.20. The predicted molar refractivity (Wildman–Crippen MR) is 109 cm³/mol. The van der Waals surface area contributed by atoms with Gasteiger partial charge >= 0.3 is 0 Å². The van der Waals surface area contributed by atoms with Gasteiger partial charge in [-0.2, -0.15) is 5.10 Å². The van der Waals surface area contributed by atoms with Crippen LogP contribution in [0.1, 0.15) is 36.7 Å². The molecule has 1 aliphatic carbocycles. The Bertz CT molecular complexity index is 1040. The van der Waals surface area contributed by atoms with Crippen LogP contribution in [0.3, 0.4) is 0 Å². The first-order valence-electron chi connectivity index (χ1n) is 10.3. The molecule has 0 amide bonds. The summed E-state index contributed by atoms with van der Waals surface area (Å²) in [6.45, 7) is 3.40. The van der Waals surface area contributed by atoms with Crippen molar-refractivity contribution in [1.82, 2.24) is 29.6 Å². The summed E-state index contributed by atoms with van der Waals surface area (Å²) < 4.78 is 1.59. The molecule has 1 saturated carbocycles. The molecule has 0 atom stereocenters. The van der Waals surface area contributed by atoms with Crippen molar-refractivity contribution in [2.75, 3.05) is 13.1 Å². The minimum atomic E-state index is -0.0535.